The van der Waals surface area contributed by atoms with Crippen LogP contribution in [0, 0.1) is 0 Å². The Labute approximate surface area is 170 Å². The molecule has 1 aromatic carbocycles. The van der Waals surface area contributed by atoms with Crippen LogP contribution in [0.2, 0.25) is 0 Å². The normalized spacial score (nSPS) is 14.6. The van der Waals surface area contributed by atoms with E-state index in [1.54, 1.807) is 51.4 Å². The van der Waals surface area contributed by atoms with Crippen LogP contribution in [-0.2, 0) is 14.8 Å². The summed E-state index contributed by atoms with van der Waals surface area (Å²) in [5.74, 6) is 0.549. The Morgan fingerprint density at radius 3 is 2.14 bits per heavy atom. The number of sulfonamides is 1. The van der Waals surface area contributed by atoms with Crippen LogP contribution in [0.4, 0.5) is 11.6 Å². The van der Waals surface area contributed by atoms with E-state index in [4.69, 9.17) is 0 Å². The van der Waals surface area contributed by atoms with Crippen molar-refractivity contribution in [2.75, 3.05) is 5.32 Å². The maximum atomic E-state index is 12.0. The summed E-state index contributed by atoms with van der Waals surface area (Å²) >= 11 is 0. The molecule has 2 aromatic rings. The zero-order valence-corrected chi connectivity index (χ0v) is 17.4. The van der Waals surface area contributed by atoms with Crippen molar-refractivity contribution in [2.24, 2.45) is 0 Å². The predicted molar refractivity (Wildman–Crippen MR) is 115 cm³/mol. The van der Waals surface area contributed by atoms with Gasteiger partial charge in [-0.3, -0.25) is 4.79 Å². The summed E-state index contributed by atoms with van der Waals surface area (Å²) in [6.07, 6.45) is 5.54. The van der Waals surface area contributed by atoms with Gasteiger partial charge in [0.25, 0.3) is 0 Å². The summed E-state index contributed by atoms with van der Waals surface area (Å²) < 4.78 is 26.4. The van der Waals surface area contributed by atoms with Crippen molar-refractivity contribution >= 4 is 27.6 Å². The minimum absolute atomic E-state index is 0. The number of carbonyl (C=O) groups is 1. The van der Waals surface area contributed by atoms with Crippen molar-refractivity contribution in [3.8, 4) is 0 Å². The van der Waals surface area contributed by atoms with Gasteiger partial charge in [-0.05, 0) is 63.9 Å². The van der Waals surface area contributed by atoms with Crippen LogP contribution in [0.5, 0.6) is 0 Å². The van der Waals surface area contributed by atoms with E-state index in [9.17, 15) is 13.2 Å². The number of rotatable bonds is 6. The monoisotopic (exact) mass is 411 g/mol. The van der Waals surface area contributed by atoms with Gasteiger partial charge < -0.3 is 10.6 Å². The number of hydrogen-bond donors (Lipinski definition) is 3. The standard InChI is InChI=1S/C13H16N4O2S.C6H11NO.3H2/c1-10(2)17-20(18,19)12-6-4-11(5-7-12)16-13-14-8-3-9-15-13;1-5(8)7-6(2)3-4-6;;;/h3-10,17H,1-2H3,(H,14,15,16);3-4H2,1-2H3,(H,7,8);3*1H. The molecule has 0 atom stereocenters. The topological polar surface area (TPSA) is 113 Å². The molecule has 1 amide bonds. The first-order valence-electron chi connectivity index (χ1n) is 9.05. The molecule has 3 N–H and O–H groups in total. The first-order chi connectivity index (χ1) is 13.1. The molecule has 0 saturated heterocycles. The molecule has 0 spiro atoms. The summed E-state index contributed by atoms with van der Waals surface area (Å²) in [6.45, 7) is 7.18. The van der Waals surface area contributed by atoms with Gasteiger partial charge in [0.05, 0.1) is 4.90 Å². The zero-order valence-electron chi connectivity index (χ0n) is 16.6. The first-order valence-corrected chi connectivity index (χ1v) is 10.5. The maximum Gasteiger partial charge on any atom is 0.240 e. The van der Waals surface area contributed by atoms with Crippen LogP contribution in [0.15, 0.2) is 47.6 Å². The Morgan fingerprint density at radius 2 is 1.71 bits per heavy atom. The summed E-state index contributed by atoms with van der Waals surface area (Å²) in [4.78, 5) is 18.7. The molecule has 28 heavy (non-hydrogen) atoms. The van der Waals surface area contributed by atoms with Crippen LogP contribution < -0.4 is 15.4 Å². The van der Waals surface area contributed by atoms with E-state index in [1.807, 2.05) is 0 Å². The van der Waals surface area contributed by atoms with Crippen LogP contribution >= 0.6 is 0 Å². The Morgan fingerprint density at radius 1 is 1.14 bits per heavy atom. The van der Waals surface area contributed by atoms with E-state index in [-0.39, 0.29) is 26.7 Å². The number of nitrogens with one attached hydrogen (secondary N) is 3. The second-order valence-electron chi connectivity index (χ2n) is 7.24. The molecule has 158 valence electrons. The average Bonchev–Trinajstić information content (AvgIpc) is 3.31. The van der Waals surface area contributed by atoms with Crippen LogP contribution in [0.3, 0.4) is 0 Å². The zero-order chi connectivity index (χ0) is 20.8. The van der Waals surface area contributed by atoms with E-state index >= 15 is 0 Å². The van der Waals surface area contributed by atoms with E-state index in [1.165, 1.54) is 12.1 Å². The highest BCUT2D eigenvalue weighted by Crippen LogP contribution is 2.33. The molecule has 0 aliphatic heterocycles. The first kappa shape index (κ1) is 21.8. The number of anilines is 2. The van der Waals surface area contributed by atoms with Gasteiger partial charge in [0, 0.05) is 40.9 Å². The van der Waals surface area contributed by atoms with Crippen molar-refractivity contribution in [1.82, 2.24) is 20.0 Å². The Balaban J connectivity index is 0. The largest absolute Gasteiger partial charge is 0.351 e. The molecule has 3 rings (SSSR count). The predicted octanol–water partition coefficient (Wildman–Crippen LogP) is 3.32. The molecule has 1 aliphatic rings. The van der Waals surface area contributed by atoms with Gasteiger partial charge in [0.2, 0.25) is 21.9 Å². The van der Waals surface area contributed by atoms with Gasteiger partial charge in [-0.1, -0.05) is 0 Å². The molecule has 0 bridgehead atoms. The van der Waals surface area contributed by atoms with Gasteiger partial charge in [-0.15, -0.1) is 0 Å². The fraction of sp³-hybridized carbons (Fsp3) is 0.421. The Kier molecular flexibility index (Phi) is 7.09. The third-order valence-electron chi connectivity index (χ3n) is 3.86. The smallest absolute Gasteiger partial charge is 0.240 e. The second kappa shape index (κ2) is 9.11. The highest BCUT2D eigenvalue weighted by molar-refractivity contribution is 7.89. The molecular weight excluding hydrogens is 378 g/mol. The average molecular weight is 412 g/mol. The number of nitrogens with zero attached hydrogens (tertiary/aromatic N) is 2. The molecule has 1 aliphatic carbocycles. The fourth-order valence-corrected chi connectivity index (χ4v) is 3.58. The quantitative estimate of drug-likeness (QED) is 0.672. The number of aromatic nitrogens is 2. The second-order valence-corrected chi connectivity index (χ2v) is 8.95. The minimum atomic E-state index is -3.46. The van der Waals surface area contributed by atoms with Gasteiger partial charge in [-0.2, -0.15) is 0 Å². The SMILES string of the molecule is CC(=O)NC1(C)CC1.CC(C)NS(=O)(=O)c1ccc(Nc2ncccn2)cc1.[HH].[HH].[HH]. The molecule has 9 heteroatoms. The molecule has 1 heterocycles. The number of hydrogen-bond acceptors (Lipinski definition) is 6. The molecule has 1 saturated carbocycles. The van der Waals surface area contributed by atoms with E-state index in [2.05, 4.69) is 32.2 Å². The van der Waals surface area contributed by atoms with E-state index in [0.717, 1.165) is 18.5 Å². The van der Waals surface area contributed by atoms with Crippen LogP contribution in [-0.4, -0.2) is 35.9 Å². The molecular formula is C19H33N5O3S. The maximum absolute atomic E-state index is 12.0. The van der Waals surface area contributed by atoms with Crippen molar-refractivity contribution < 1.29 is 17.5 Å². The van der Waals surface area contributed by atoms with Gasteiger partial charge >= 0.3 is 0 Å². The van der Waals surface area contributed by atoms with Crippen molar-refractivity contribution in [3.63, 3.8) is 0 Å². The number of carbonyl (C=O) groups excluding carboxylic acids is 1. The molecule has 0 unspecified atom stereocenters. The highest BCUT2D eigenvalue weighted by Gasteiger charge is 2.37. The Bertz CT molecular complexity index is 894. The van der Waals surface area contributed by atoms with Gasteiger partial charge in [0.1, 0.15) is 0 Å². The van der Waals surface area contributed by atoms with Gasteiger partial charge in [0.15, 0.2) is 0 Å². The lowest BCUT2D eigenvalue weighted by Gasteiger charge is -2.10. The minimum Gasteiger partial charge on any atom is -0.351 e. The molecule has 8 nitrogen and oxygen atoms in total. The molecule has 0 radical (unpaired) electrons. The van der Waals surface area contributed by atoms with E-state index < -0.39 is 10.0 Å². The number of amides is 1. The van der Waals surface area contributed by atoms with Crippen LogP contribution in [0.25, 0.3) is 0 Å². The third-order valence-corrected chi connectivity index (χ3v) is 5.53. The summed E-state index contributed by atoms with van der Waals surface area (Å²) in [6, 6.07) is 8.00. The fourth-order valence-electron chi connectivity index (χ4n) is 2.33. The lowest BCUT2D eigenvalue weighted by molar-refractivity contribution is -0.119. The lowest BCUT2D eigenvalue weighted by atomic mass is 10.3. The molecule has 1 aromatic heterocycles. The summed E-state index contributed by atoms with van der Waals surface area (Å²) in [5.41, 5.74) is 0.894. The van der Waals surface area contributed by atoms with Crippen molar-refractivity contribution in [2.45, 2.75) is 57.0 Å². The van der Waals surface area contributed by atoms with Crippen molar-refractivity contribution in [3.05, 3.63) is 42.7 Å². The lowest BCUT2D eigenvalue weighted by Crippen LogP contribution is -2.31. The Hall–Kier alpha value is -2.52. The third kappa shape index (κ3) is 7.24. The van der Waals surface area contributed by atoms with Crippen LogP contribution in [0.1, 0.15) is 44.8 Å². The molecule has 1 fully saturated rings. The highest BCUT2D eigenvalue weighted by atomic mass is 32.2. The van der Waals surface area contributed by atoms with Crippen molar-refractivity contribution in [1.29, 1.82) is 0 Å². The van der Waals surface area contributed by atoms with E-state index in [0.29, 0.717) is 5.95 Å². The summed E-state index contributed by atoms with van der Waals surface area (Å²) in [7, 11) is -3.46. The van der Waals surface area contributed by atoms with Gasteiger partial charge in [-0.25, -0.2) is 23.1 Å². The summed E-state index contributed by atoms with van der Waals surface area (Å²) in [5, 5.41) is 5.84. The number of benzene rings is 1.